The number of nitrogens with one attached hydrogen (secondary N) is 1. The minimum absolute atomic E-state index is 0.351. The number of ether oxygens (including phenoxy) is 1. The number of anilines is 1. The molecular formula is C11H11N5O4. The van der Waals surface area contributed by atoms with Crippen molar-refractivity contribution in [2.75, 3.05) is 18.5 Å². The largest absolute Gasteiger partial charge is 0.480 e. The third kappa shape index (κ3) is 3.59. The van der Waals surface area contributed by atoms with Gasteiger partial charge in [0.2, 0.25) is 5.91 Å². The zero-order valence-electron chi connectivity index (χ0n) is 10.3. The van der Waals surface area contributed by atoms with Crippen molar-refractivity contribution in [3.05, 3.63) is 30.6 Å². The van der Waals surface area contributed by atoms with Gasteiger partial charge >= 0.3 is 5.97 Å². The molecule has 0 saturated carbocycles. The van der Waals surface area contributed by atoms with Crippen LogP contribution in [-0.2, 0) is 14.3 Å². The van der Waals surface area contributed by atoms with E-state index in [0.717, 1.165) is 0 Å². The zero-order valence-corrected chi connectivity index (χ0v) is 10.3. The molecule has 9 heteroatoms. The highest BCUT2D eigenvalue weighted by atomic mass is 16.5. The van der Waals surface area contributed by atoms with Gasteiger partial charge in [-0.1, -0.05) is 12.1 Å². The van der Waals surface area contributed by atoms with Gasteiger partial charge in [0.1, 0.15) is 19.5 Å². The molecule has 2 aromatic rings. The first-order valence-corrected chi connectivity index (χ1v) is 5.58. The third-order valence-electron chi connectivity index (χ3n) is 2.23. The van der Waals surface area contributed by atoms with E-state index in [9.17, 15) is 9.59 Å². The topological polar surface area (TPSA) is 119 Å². The number of hydrogen-bond donors (Lipinski definition) is 2. The van der Waals surface area contributed by atoms with Crippen molar-refractivity contribution in [3.63, 3.8) is 0 Å². The van der Waals surface area contributed by atoms with E-state index in [2.05, 4.69) is 20.8 Å². The first kappa shape index (κ1) is 13.6. The lowest BCUT2D eigenvalue weighted by atomic mass is 10.2. The van der Waals surface area contributed by atoms with Crippen LogP contribution in [0.15, 0.2) is 30.6 Å². The quantitative estimate of drug-likeness (QED) is 0.744. The second-order valence-electron chi connectivity index (χ2n) is 3.71. The van der Waals surface area contributed by atoms with Crippen LogP contribution in [0.2, 0.25) is 0 Å². The van der Waals surface area contributed by atoms with Crippen molar-refractivity contribution < 1.29 is 19.4 Å². The summed E-state index contributed by atoms with van der Waals surface area (Å²) in [5.74, 6) is -1.60. The van der Waals surface area contributed by atoms with Gasteiger partial charge in [-0.2, -0.15) is 4.68 Å². The second kappa shape index (κ2) is 6.38. The smallest absolute Gasteiger partial charge is 0.329 e. The number of aliphatic carboxylic acids is 1. The molecule has 0 aliphatic heterocycles. The summed E-state index contributed by atoms with van der Waals surface area (Å²) in [7, 11) is 0. The first-order valence-electron chi connectivity index (χ1n) is 5.58. The highest BCUT2D eigenvalue weighted by molar-refractivity contribution is 5.93. The number of nitrogens with zero attached hydrogens (tertiary/aromatic N) is 4. The van der Waals surface area contributed by atoms with Crippen LogP contribution in [0.25, 0.3) is 5.69 Å². The molecular weight excluding hydrogens is 266 g/mol. The number of aromatic nitrogens is 4. The predicted octanol–water partition coefficient (Wildman–Crippen LogP) is -0.298. The Morgan fingerprint density at radius 3 is 2.80 bits per heavy atom. The van der Waals surface area contributed by atoms with E-state index in [0.29, 0.717) is 11.4 Å². The summed E-state index contributed by atoms with van der Waals surface area (Å²) in [5.41, 5.74) is 1.08. The molecule has 0 atom stereocenters. The summed E-state index contributed by atoms with van der Waals surface area (Å²) in [5, 5.41) is 21.8. The van der Waals surface area contributed by atoms with Crippen molar-refractivity contribution in [1.29, 1.82) is 0 Å². The number of amides is 1. The maximum atomic E-state index is 11.6. The van der Waals surface area contributed by atoms with Crippen LogP contribution in [0.1, 0.15) is 0 Å². The summed E-state index contributed by atoms with van der Waals surface area (Å²) < 4.78 is 6.10. The molecule has 0 radical (unpaired) electrons. The molecule has 0 fully saturated rings. The number of hydrogen-bond acceptors (Lipinski definition) is 6. The molecule has 2 rings (SSSR count). The van der Waals surface area contributed by atoms with E-state index in [1.165, 1.54) is 11.0 Å². The van der Waals surface area contributed by atoms with Gasteiger partial charge < -0.3 is 15.2 Å². The minimum atomic E-state index is -1.13. The number of rotatable bonds is 6. The number of carboxylic acid groups (broad SMARTS) is 1. The lowest BCUT2D eigenvalue weighted by Crippen LogP contribution is -2.21. The van der Waals surface area contributed by atoms with Crippen LogP contribution in [0, 0.1) is 0 Å². The molecule has 0 unspecified atom stereocenters. The summed E-state index contributed by atoms with van der Waals surface area (Å²) in [6.07, 6.45) is 1.39. The Morgan fingerprint density at radius 1 is 1.30 bits per heavy atom. The number of tetrazole rings is 1. The van der Waals surface area contributed by atoms with Gasteiger partial charge in [-0.25, -0.2) is 4.79 Å². The van der Waals surface area contributed by atoms with Crippen LogP contribution in [-0.4, -0.2) is 50.4 Å². The predicted molar refractivity (Wildman–Crippen MR) is 66.2 cm³/mol. The molecule has 104 valence electrons. The lowest BCUT2D eigenvalue weighted by molar-refractivity contribution is -0.143. The fourth-order valence-electron chi connectivity index (χ4n) is 1.47. The van der Waals surface area contributed by atoms with Crippen LogP contribution in [0.4, 0.5) is 5.69 Å². The molecule has 0 aliphatic rings. The zero-order chi connectivity index (χ0) is 14.4. The van der Waals surface area contributed by atoms with Crippen LogP contribution < -0.4 is 5.32 Å². The van der Waals surface area contributed by atoms with E-state index in [-0.39, 0.29) is 6.61 Å². The molecule has 9 nitrogen and oxygen atoms in total. The monoisotopic (exact) mass is 277 g/mol. The van der Waals surface area contributed by atoms with Gasteiger partial charge in [-0.05, 0) is 22.6 Å². The van der Waals surface area contributed by atoms with E-state index in [1.54, 1.807) is 24.3 Å². The number of para-hydroxylation sites is 2. The summed E-state index contributed by atoms with van der Waals surface area (Å²) in [6.45, 7) is -0.877. The van der Waals surface area contributed by atoms with E-state index in [4.69, 9.17) is 9.84 Å². The molecule has 1 aromatic carbocycles. The van der Waals surface area contributed by atoms with E-state index in [1.807, 2.05) is 0 Å². The van der Waals surface area contributed by atoms with E-state index < -0.39 is 18.5 Å². The highest BCUT2D eigenvalue weighted by Gasteiger charge is 2.09. The Bertz CT molecular complexity index is 599. The molecule has 0 aliphatic carbocycles. The summed E-state index contributed by atoms with van der Waals surface area (Å²) in [4.78, 5) is 21.9. The lowest BCUT2D eigenvalue weighted by Gasteiger charge is -2.09. The number of carbonyl (C=O) groups is 2. The SMILES string of the molecule is O=C(O)COCC(=O)Nc1ccccc1-n1cnnn1. The molecule has 2 N–H and O–H groups in total. The summed E-state index contributed by atoms with van der Waals surface area (Å²) in [6, 6.07) is 6.91. The third-order valence-corrected chi connectivity index (χ3v) is 2.23. The fraction of sp³-hybridized carbons (Fsp3) is 0.182. The van der Waals surface area contributed by atoms with Crippen molar-refractivity contribution in [2.24, 2.45) is 0 Å². The van der Waals surface area contributed by atoms with Crippen LogP contribution >= 0.6 is 0 Å². The number of benzene rings is 1. The Kier molecular flexibility index (Phi) is 4.35. The van der Waals surface area contributed by atoms with Crippen LogP contribution in [0.5, 0.6) is 0 Å². The van der Waals surface area contributed by atoms with Gasteiger partial charge in [0.25, 0.3) is 0 Å². The maximum absolute atomic E-state index is 11.6. The molecule has 0 bridgehead atoms. The average Bonchev–Trinajstić information content (AvgIpc) is 2.92. The molecule has 20 heavy (non-hydrogen) atoms. The normalized spacial score (nSPS) is 10.2. The molecule has 1 heterocycles. The second-order valence-corrected chi connectivity index (χ2v) is 3.71. The van der Waals surface area contributed by atoms with Gasteiger partial charge in [0.05, 0.1) is 11.4 Å². The van der Waals surface area contributed by atoms with Gasteiger partial charge in [-0.15, -0.1) is 5.10 Å². The van der Waals surface area contributed by atoms with Gasteiger partial charge in [0.15, 0.2) is 0 Å². The first-order chi connectivity index (χ1) is 9.66. The van der Waals surface area contributed by atoms with Crippen LogP contribution in [0.3, 0.4) is 0 Å². The van der Waals surface area contributed by atoms with Crippen molar-refractivity contribution in [3.8, 4) is 5.69 Å². The van der Waals surface area contributed by atoms with Crippen molar-refractivity contribution in [1.82, 2.24) is 20.2 Å². The van der Waals surface area contributed by atoms with Crippen molar-refractivity contribution >= 4 is 17.6 Å². The number of carboxylic acids is 1. The molecule has 1 amide bonds. The average molecular weight is 277 g/mol. The highest BCUT2D eigenvalue weighted by Crippen LogP contribution is 2.18. The van der Waals surface area contributed by atoms with E-state index >= 15 is 0 Å². The Morgan fingerprint density at radius 2 is 2.10 bits per heavy atom. The molecule has 0 saturated heterocycles. The Balaban J connectivity index is 2.03. The minimum Gasteiger partial charge on any atom is -0.480 e. The van der Waals surface area contributed by atoms with Crippen molar-refractivity contribution in [2.45, 2.75) is 0 Å². The maximum Gasteiger partial charge on any atom is 0.329 e. The number of carbonyl (C=O) groups excluding carboxylic acids is 1. The Labute approximate surface area is 113 Å². The van der Waals surface area contributed by atoms with Gasteiger partial charge in [-0.3, -0.25) is 4.79 Å². The fourth-order valence-corrected chi connectivity index (χ4v) is 1.47. The molecule has 0 spiro atoms. The Hall–Kier alpha value is -2.81. The summed E-state index contributed by atoms with van der Waals surface area (Å²) >= 11 is 0. The standard InChI is InChI=1S/C11H11N5O4/c17-10(5-20-6-11(18)19)13-8-3-1-2-4-9(8)16-7-12-14-15-16/h1-4,7H,5-6H2,(H,13,17)(H,18,19). The molecule has 1 aromatic heterocycles. The van der Waals surface area contributed by atoms with Gasteiger partial charge in [0, 0.05) is 0 Å².